The first-order valence-corrected chi connectivity index (χ1v) is 10.7. The number of nitrogens with zero attached hydrogens (tertiary/aromatic N) is 1. The molecule has 0 unspecified atom stereocenters. The van der Waals surface area contributed by atoms with Crippen molar-refractivity contribution < 1.29 is 33.4 Å². The number of hydrogen-bond acceptors (Lipinski definition) is 7. The summed E-state index contributed by atoms with van der Waals surface area (Å²) in [6.45, 7) is 1.27. The number of amides is 3. The molecule has 2 aromatic carbocycles. The summed E-state index contributed by atoms with van der Waals surface area (Å²) in [7, 11) is 2.82. The molecule has 0 saturated carbocycles. The average Bonchev–Trinajstić information content (AvgIpc) is 3.22. The molecule has 3 amide bonds. The summed E-state index contributed by atoms with van der Waals surface area (Å²) in [5, 5.41) is 3.80. The number of ether oxygens (including phenoxy) is 3. The predicted octanol–water partition coefficient (Wildman–Crippen LogP) is 1.62. The maximum atomic E-state index is 12.8. The monoisotopic (exact) mass is 469 g/mol. The van der Waals surface area contributed by atoms with Gasteiger partial charge in [0.15, 0.2) is 6.61 Å². The minimum absolute atomic E-state index is 0.0804. The maximum Gasteiger partial charge on any atom is 0.311 e. The highest BCUT2D eigenvalue weighted by Gasteiger charge is 2.37. The molecule has 0 radical (unpaired) electrons. The molecular formula is C24H27N3O7. The number of esters is 1. The van der Waals surface area contributed by atoms with Gasteiger partial charge >= 0.3 is 5.97 Å². The summed E-state index contributed by atoms with van der Waals surface area (Å²) in [5.41, 5.74) is 3.53. The van der Waals surface area contributed by atoms with Crippen LogP contribution in [0.3, 0.4) is 0 Å². The van der Waals surface area contributed by atoms with Gasteiger partial charge in [-0.25, -0.2) is 0 Å². The van der Waals surface area contributed by atoms with E-state index in [2.05, 4.69) is 10.7 Å². The van der Waals surface area contributed by atoms with Crippen LogP contribution in [0.1, 0.15) is 35.3 Å². The Bertz CT molecular complexity index is 1040. The maximum absolute atomic E-state index is 12.8. The Morgan fingerprint density at radius 3 is 2.29 bits per heavy atom. The van der Waals surface area contributed by atoms with Crippen LogP contribution in [0.5, 0.6) is 11.5 Å². The molecule has 1 heterocycles. The number of hydrazine groups is 1. The predicted molar refractivity (Wildman–Crippen MR) is 121 cm³/mol. The highest BCUT2D eigenvalue weighted by Crippen LogP contribution is 2.28. The summed E-state index contributed by atoms with van der Waals surface area (Å²) in [6.07, 6.45) is -0.149. The fraction of sp³-hybridized carbons (Fsp3) is 0.333. The lowest BCUT2D eigenvalue weighted by Crippen LogP contribution is -2.43. The van der Waals surface area contributed by atoms with E-state index in [0.29, 0.717) is 0 Å². The summed E-state index contributed by atoms with van der Waals surface area (Å²) >= 11 is 0. The zero-order valence-electron chi connectivity index (χ0n) is 19.2. The van der Waals surface area contributed by atoms with Gasteiger partial charge in [-0.2, -0.15) is 0 Å². The lowest BCUT2D eigenvalue weighted by molar-refractivity contribution is -0.152. The van der Waals surface area contributed by atoms with Crippen LogP contribution in [0.2, 0.25) is 0 Å². The third-order valence-electron chi connectivity index (χ3n) is 5.37. The van der Waals surface area contributed by atoms with Crippen LogP contribution in [0.15, 0.2) is 48.5 Å². The van der Waals surface area contributed by atoms with E-state index in [0.717, 1.165) is 10.6 Å². The van der Waals surface area contributed by atoms with E-state index >= 15 is 0 Å². The minimum atomic E-state index is -0.813. The molecular weight excluding hydrogens is 442 g/mol. The highest BCUT2D eigenvalue weighted by atomic mass is 16.5. The fourth-order valence-electron chi connectivity index (χ4n) is 3.59. The SMILES string of the molecule is COc1cccc(OC)c1C(=O)NN1C[C@@H](C(=O)OCC(=O)N[C@@H](C)c2ccccc2)CC1=O. The Balaban J connectivity index is 1.53. The van der Waals surface area contributed by atoms with Crippen LogP contribution in [0, 0.1) is 5.92 Å². The van der Waals surface area contributed by atoms with E-state index < -0.39 is 36.2 Å². The lowest BCUT2D eigenvalue weighted by Gasteiger charge is -2.19. The topological polar surface area (TPSA) is 123 Å². The van der Waals surface area contributed by atoms with Crippen molar-refractivity contribution >= 4 is 23.7 Å². The van der Waals surface area contributed by atoms with E-state index in [1.807, 2.05) is 37.3 Å². The molecule has 0 aromatic heterocycles. The molecule has 2 aromatic rings. The smallest absolute Gasteiger partial charge is 0.311 e. The third kappa shape index (κ3) is 5.83. The normalized spacial score (nSPS) is 15.9. The standard InChI is InChI=1S/C24H27N3O7/c1-15(16-8-5-4-6-9-16)25-20(28)14-34-24(31)17-12-21(29)27(13-17)26-23(30)22-18(32-2)10-7-11-19(22)33-3/h4-11,15,17H,12-14H2,1-3H3,(H,25,28)(H,26,30)/t15-,17-/m0/s1. The minimum Gasteiger partial charge on any atom is -0.496 e. The fourth-order valence-corrected chi connectivity index (χ4v) is 3.59. The van der Waals surface area contributed by atoms with Crippen molar-refractivity contribution in [2.75, 3.05) is 27.4 Å². The number of rotatable bonds is 9. The molecule has 2 N–H and O–H groups in total. The van der Waals surface area contributed by atoms with E-state index in [4.69, 9.17) is 14.2 Å². The molecule has 34 heavy (non-hydrogen) atoms. The molecule has 2 atom stereocenters. The number of methoxy groups -OCH3 is 2. The molecule has 10 heteroatoms. The number of hydrogen-bond donors (Lipinski definition) is 2. The second-order valence-corrected chi connectivity index (χ2v) is 7.69. The van der Waals surface area contributed by atoms with Crippen LogP contribution in [0.4, 0.5) is 0 Å². The lowest BCUT2D eigenvalue weighted by atomic mass is 10.1. The van der Waals surface area contributed by atoms with Gasteiger partial charge in [-0.05, 0) is 24.6 Å². The van der Waals surface area contributed by atoms with Gasteiger partial charge in [-0.3, -0.25) is 29.6 Å². The molecule has 180 valence electrons. The van der Waals surface area contributed by atoms with E-state index in [-0.39, 0.29) is 36.1 Å². The van der Waals surface area contributed by atoms with Crippen molar-refractivity contribution in [2.45, 2.75) is 19.4 Å². The van der Waals surface area contributed by atoms with Crippen LogP contribution in [-0.4, -0.2) is 56.1 Å². The van der Waals surface area contributed by atoms with Crippen molar-refractivity contribution in [1.82, 2.24) is 15.8 Å². The van der Waals surface area contributed by atoms with Gasteiger partial charge in [-0.1, -0.05) is 36.4 Å². The van der Waals surface area contributed by atoms with Gasteiger partial charge in [-0.15, -0.1) is 0 Å². The average molecular weight is 469 g/mol. The summed E-state index contributed by atoms with van der Waals surface area (Å²) in [6, 6.07) is 14.0. The quantitative estimate of drug-likeness (QED) is 0.535. The number of carbonyl (C=O) groups is 4. The Hall–Kier alpha value is -4.08. The van der Waals surface area contributed by atoms with Crippen LogP contribution < -0.4 is 20.2 Å². The van der Waals surface area contributed by atoms with Crippen molar-refractivity contribution in [3.63, 3.8) is 0 Å². The zero-order valence-corrected chi connectivity index (χ0v) is 19.2. The van der Waals surface area contributed by atoms with E-state index in [9.17, 15) is 19.2 Å². The summed E-state index contributed by atoms with van der Waals surface area (Å²) < 4.78 is 15.5. The Kier molecular flexibility index (Phi) is 8.07. The molecule has 0 bridgehead atoms. The Morgan fingerprint density at radius 2 is 1.68 bits per heavy atom. The number of benzene rings is 2. The number of nitrogens with one attached hydrogen (secondary N) is 2. The zero-order chi connectivity index (χ0) is 24.7. The molecule has 0 aliphatic carbocycles. The first kappa shape index (κ1) is 24.6. The highest BCUT2D eigenvalue weighted by molar-refractivity contribution is 6.01. The van der Waals surface area contributed by atoms with Crippen molar-refractivity contribution in [1.29, 1.82) is 0 Å². The van der Waals surface area contributed by atoms with Gasteiger partial charge in [0, 0.05) is 6.42 Å². The first-order chi connectivity index (χ1) is 16.3. The van der Waals surface area contributed by atoms with E-state index in [1.165, 1.54) is 14.2 Å². The van der Waals surface area contributed by atoms with Crippen molar-refractivity contribution in [3.8, 4) is 11.5 Å². The summed E-state index contributed by atoms with van der Waals surface area (Å²) in [5.74, 6) is -2.49. The largest absolute Gasteiger partial charge is 0.496 e. The summed E-state index contributed by atoms with van der Waals surface area (Å²) in [4.78, 5) is 49.7. The second kappa shape index (κ2) is 11.2. The molecule has 0 spiro atoms. The van der Waals surface area contributed by atoms with Crippen molar-refractivity contribution in [3.05, 3.63) is 59.7 Å². The van der Waals surface area contributed by atoms with Crippen LogP contribution in [0.25, 0.3) is 0 Å². The first-order valence-electron chi connectivity index (χ1n) is 10.7. The molecule has 1 aliphatic rings. The van der Waals surface area contributed by atoms with Gasteiger partial charge in [0.05, 0.1) is 32.7 Å². The van der Waals surface area contributed by atoms with Crippen LogP contribution in [-0.2, 0) is 19.1 Å². The number of carbonyl (C=O) groups excluding carboxylic acids is 4. The Morgan fingerprint density at radius 1 is 1.03 bits per heavy atom. The third-order valence-corrected chi connectivity index (χ3v) is 5.37. The molecule has 1 aliphatic heterocycles. The second-order valence-electron chi connectivity index (χ2n) is 7.69. The Labute approximate surface area is 197 Å². The van der Waals surface area contributed by atoms with Gasteiger partial charge in [0.25, 0.3) is 11.8 Å². The molecule has 3 rings (SSSR count). The van der Waals surface area contributed by atoms with Crippen molar-refractivity contribution in [2.24, 2.45) is 5.92 Å². The molecule has 1 fully saturated rings. The van der Waals surface area contributed by atoms with Gasteiger partial charge < -0.3 is 19.5 Å². The van der Waals surface area contributed by atoms with Crippen LogP contribution >= 0.6 is 0 Å². The van der Waals surface area contributed by atoms with Gasteiger partial charge in [0.2, 0.25) is 5.91 Å². The molecule has 1 saturated heterocycles. The van der Waals surface area contributed by atoms with E-state index in [1.54, 1.807) is 18.2 Å². The van der Waals surface area contributed by atoms with Gasteiger partial charge in [0.1, 0.15) is 17.1 Å². The molecule has 10 nitrogen and oxygen atoms in total.